The average Bonchev–Trinajstić information content (AvgIpc) is 2.55. The lowest BCUT2D eigenvalue weighted by Crippen LogP contribution is -2.30. The van der Waals surface area contributed by atoms with Crippen molar-refractivity contribution in [1.82, 2.24) is 5.32 Å². The van der Waals surface area contributed by atoms with Crippen LogP contribution >= 0.6 is 0 Å². The lowest BCUT2D eigenvalue weighted by atomic mass is 9.74. The smallest absolute Gasteiger partial charge is 0.0520 e. The second-order valence-corrected chi connectivity index (χ2v) is 4.86. The van der Waals surface area contributed by atoms with Gasteiger partial charge in [0, 0.05) is 0 Å². The Morgan fingerprint density at radius 1 is 1.42 bits per heavy atom. The predicted octanol–water partition coefficient (Wildman–Crippen LogP) is 1.27. The Balaban J connectivity index is 2.02. The van der Waals surface area contributed by atoms with E-state index in [1.807, 2.05) is 0 Å². The second kappa shape index (κ2) is 3.00. The van der Waals surface area contributed by atoms with Gasteiger partial charge in [-0.15, -0.1) is 0 Å². The molecular formula is C10H19NO. The molecule has 0 spiro atoms. The van der Waals surface area contributed by atoms with E-state index in [9.17, 15) is 0 Å². The van der Waals surface area contributed by atoms with Crippen LogP contribution in [0, 0.1) is 17.3 Å². The highest BCUT2D eigenvalue weighted by Crippen LogP contribution is 2.40. The SMILES string of the molecule is CC1(C)COCC1C1CCNC1. The summed E-state index contributed by atoms with van der Waals surface area (Å²) in [6.45, 7) is 9.02. The minimum Gasteiger partial charge on any atom is -0.381 e. The summed E-state index contributed by atoms with van der Waals surface area (Å²) in [5.74, 6) is 1.65. The molecule has 2 saturated heterocycles. The molecule has 0 aromatic rings. The highest BCUT2D eigenvalue weighted by Gasteiger charge is 2.41. The number of rotatable bonds is 1. The Kier molecular flexibility index (Phi) is 2.13. The van der Waals surface area contributed by atoms with Gasteiger partial charge in [-0.25, -0.2) is 0 Å². The molecule has 0 radical (unpaired) electrons. The molecule has 2 aliphatic rings. The van der Waals surface area contributed by atoms with Gasteiger partial charge in [0.25, 0.3) is 0 Å². The molecule has 70 valence electrons. The van der Waals surface area contributed by atoms with E-state index in [0.29, 0.717) is 5.41 Å². The Morgan fingerprint density at radius 3 is 2.75 bits per heavy atom. The van der Waals surface area contributed by atoms with Gasteiger partial charge in [0.05, 0.1) is 13.2 Å². The van der Waals surface area contributed by atoms with Crippen molar-refractivity contribution in [3.05, 3.63) is 0 Å². The third-order valence-electron chi connectivity index (χ3n) is 3.44. The van der Waals surface area contributed by atoms with E-state index < -0.39 is 0 Å². The maximum Gasteiger partial charge on any atom is 0.0520 e. The molecule has 2 nitrogen and oxygen atoms in total. The summed E-state index contributed by atoms with van der Waals surface area (Å²) in [4.78, 5) is 0. The maximum atomic E-state index is 5.56. The first kappa shape index (κ1) is 8.52. The van der Waals surface area contributed by atoms with Gasteiger partial charge in [-0.1, -0.05) is 13.8 Å². The first-order chi connectivity index (χ1) is 5.70. The molecule has 0 amide bonds. The van der Waals surface area contributed by atoms with E-state index in [4.69, 9.17) is 4.74 Å². The van der Waals surface area contributed by atoms with Gasteiger partial charge in [0.1, 0.15) is 0 Å². The highest BCUT2D eigenvalue weighted by molar-refractivity contribution is 4.90. The van der Waals surface area contributed by atoms with Crippen LogP contribution in [0.2, 0.25) is 0 Å². The fraction of sp³-hybridized carbons (Fsp3) is 1.00. The molecule has 0 bridgehead atoms. The highest BCUT2D eigenvalue weighted by atomic mass is 16.5. The van der Waals surface area contributed by atoms with Gasteiger partial charge in [-0.05, 0) is 36.8 Å². The van der Waals surface area contributed by atoms with Crippen molar-refractivity contribution in [2.75, 3.05) is 26.3 Å². The Labute approximate surface area is 74.7 Å². The van der Waals surface area contributed by atoms with Crippen LogP contribution in [0.15, 0.2) is 0 Å². The topological polar surface area (TPSA) is 21.3 Å². The van der Waals surface area contributed by atoms with Gasteiger partial charge in [-0.2, -0.15) is 0 Å². The zero-order valence-electron chi connectivity index (χ0n) is 8.10. The van der Waals surface area contributed by atoms with Gasteiger partial charge in [0.15, 0.2) is 0 Å². The molecule has 2 heterocycles. The van der Waals surface area contributed by atoms with Gasteiger partial charge in [0.2, 0.25) is 0 Å². The minimum atomic E-state index is 0.413. The van der Waals surface area contributed by atoms with Gasteiger partial charge < -0.3 is 10.1 Å². The zero-order chi connectivity index (χ0) is 8.60. The molecule has 2 aliphatic heterocycles. The quantitative estimate of drug-likeness (QED) is 0.638. The summed E-state index contributed by atoms with van der Waals surface area (Å²) in [7, 11) is 0. The van der Waals surface area contributed by atoms with Crippen molar-refractivity contribution < 1.29 is 4.74 Å². The molecule has 12 heavy (non-hydrogen) atoms. The van der Waals surface area contributed by atoms with Crippen molar-refractivity contribution >= 4 is 0 Å². The van der Waals surface area contributed by atoms with Crippen molar-refractivity contribution in [2.24, 2.45) is 17.3 Å². The van der Waals surface area contributed by atoms with E-state index in [-0.39, 0.29) is 0 Å². The molecule has 0 aromatic heterocycles. The van der Waals surface area contributed by atoms with Crippen molar-refractivity contribution in [1.29, 1.82) is 0 Å². The van der Waals surface area contributed by atoms with Crippen LogP contribution in [0.1, 0.15) is 20.3 Å². The molecule has 2 atom stereocenters. The van der Waals surface area contributed by atoms with Crippen LogP contribution in [0.4, 0.5) is 0 Å². The van der Waals surface area contributed by atoms with Gasteiger partial charge in [-0.3, -0.25) is 0 Å². The lowest BCUT2D eigenvalue weighted by Gasteiger charge is -2.29. The summed E-state index contributed by atoms with van der Waals surface area (Å²) in [5, 5.41) is 3.43. The summed E-state index contributed by atoms with van der Waals surface area (Å²) >= 11 is 0. The number of ether oxygens (including phenoxy) is 1. The second-order valence-electron chi connectivity index (χ2n) is 4.86. The lowest BCUT2D eigenvalue weighted by molar-refractivity contribution is 0.166. The summed E-state index contributed by atoms with van der Waals surface area (Å²) in [6, 6.07) is 0. The molecule has 2 fully saturated rings. The zero-order valence-corrected chi connectivity index (χ0v) is 8.10. The Morgan fingerprint density at radius 2 is 2.25 bits per heavy atom. The van der Waals surface area contributed by atoms with E-state index in [1.165, 1.54) is 19.5 Å². The van der Waals surface area contributed by atoms with E-state index in [0.717, 1.165) is 25.0 Å². The van der Waals surface area contributed by atoms with E-state index in [1.54, 1.807) is 0 Å². The third kappa shape index (κ3) is 1.38. The number of hydrogen-bond donors (Lipinski definition) is 1. The minimum absolute atomic E-state index is 0.413. The number of nitrogens with one attached hydrogen (secondary N) is 1. The molecule has 0 aliphatic carbocycles. The average molecular weight is 169 g/mol. The number of hydrogen-bond acceptors (Lipinski definition) is 2. The summed E-state index contributed by atoms with van der Waals surface area (Å²) in [5.41, 5.74) is 0.413. The van der Waals surface area contributed by atoms with Crippen LogP contribution in [0.5, 0.6) is 0 Å². The van der Waals surface area contributed by atoms with Crippen LogP contribution < -0.4 is 5.32 Å². The van der Waals surface area contributed by atoms with E-state index in [2.05, 4.69) is 19.2 Å². The molecule has 2 heteroatoms. The maximum absolute atomic E-state index is 5.56. The Bertz CT molecular complexity index is 161. The Hall–Kier alpha value is -0.0800. The molecule has 0 saturated carbocycles. The fourth-order valence-corrected chi connectivity index (χ4v) is 2.58. The predicted molar refractivity (Wildman–Crippen MR) is 49.1 cm³/mol. The molecule has 2 unspecified atom stereocenters. The van der Waals surface area contributed by atoms with Crippen molar-refractivity contribution in [3.63, 3.8) is 0 Å². The van der Waals surface area contributed by atoms with Gasteiger partial charge >= 0.3 is 0 Å². The molecule has 1 N–H and O–H groups in total. The summed E-state index contributed by atoms with van der Waals surface area (Å²) in [6.07, 6.45) is 1.34. The van der Waals surface area contributed by atoms with Crippen LogP contribution in [0.3, 0.4) is 0 Å². The molecule has 2 rings (SSSR count). The van der Waals surface area contributed by atoms with Crippen molar-refractivity contribution in [2.45, 2.75) is 20.3 Å². The third-order valence-corrected chi connectivity index (χ3v) is 3.44. The first-order valence-corrected chi connectivity index (χ1v) is 4.98. The largest absolute Gasteiger partial charge is 0.381 e. The summed E-state index contributed by atoms with van der Waals surface area (Å²) < 4.78 is 5.56. The van der Waals surface area contributed by atoms with Crippen molar-refractivity contribution in [3.8, 4) is 0 Å². The molecular weight excluding hydrogens is 150 g/mol. The van der Waals surface area contributed by atoms with Crippen LogP contribution in [-0.2, 0) is 4.74 Å². The standard InChI is InChI=1S/C10H19NO/c1-10(2)7-12-6-9(10)8-3-4-11-5-8/h8-9,11H,3-7H2,1-2H3. The normalized spacial score (nSPS) is 40.5. The first-order valence-electron chi connectivity index (χ1n) is 4.98. The molecule has 0 aromatic carbocycles. The monoisotopic (exact) mass is 169 g/mol. The fourth-order valence-electron chi connectivity index (χ4n) is 2.58. The van der Waals surface area contributed by atoms with E-state index >= 15 is 0 Å². The van der Waals surface area contributed by atoms with Crippen LogP contribution in [-0.4, -0.2) is 26.3 Å². The van der Waals surface area contributed by atoms with Crippen LogP contribution in [0.25, 0.3) is 0 Å².